The molecule has 2 atom stereocenters. The standard InChI is InChI=1S/C24H31ClN6O2/c1-15(2)26-13-19(17-4-6-18(25)7-5-17)24(33)31-10-8-30(9-11-31)23-21-16(3)12-20(32)29-22(21)27-14-28-23/h4-7,14-16,19,26H,8-13H2,1-3H3,(H,27,28,29,32)/t16-,19-/m1/s1/i8D2,9D2,10D2,11D2. The number of piperazine rings is 1. The van der Waals surface area contributed by atoms with Gasteiger partial charge in [0.1, 0.15) is 18.0 Å². The fourth-order valence-corrected chi connectivity index (χ4v) is 3.83. The Morgan fingerprint density at radius 1 is 1.24 bits per heavy atom. The first-order chi connectivity index (χ1) is 18.9. The molecule has 2 aliphatic heterocycles. The van der Waals surface area contributed by atoms with Crippen molar-refractivity contribution in [2.45, 2.75) is 45.1 Å². The van der Waals surface area contributed by atoms with Crippen molar-refractivity contribution in [3.8, 4) is 0 Å². The monoisotopic (exact) mass is 478 g/mol. The van der Waals surface area contributed by atoms with Crippen LogP contribution < -0.4 is 15.5 Å². The Balaban J connectivity index is 1.88. The van der Waals surface area contributed by atoms with Crippen LogP contribution in [0.15, 0.2) is 30.6 Å². The first-order valence-corrected chi connectivity index (χ1v) is 11.0. The molecule has 0 aliphatic carbocycles. The van der Waals surface area contributed by atoms with Crippen molar-refractivity contribution in [1.29, 1.82) is 0 Å². The number of rotatable bonds is 6. The Labute approximate surface area is 211 Å². The normalized spacial score (nSPS) is 29.0. The number of anilines is 2. The summed E-state index contributed by atoms with van der Waals surface area (Å²) in [6, 6.07) is 5.99. The van der Waals surface area contributed by atoms with E-state index < -0.39 is 49.5 Å². The van der Waals surface area contributed by atoms with E-state index in [0.717, 1.165) is 6.33 Å². The number of amides is 2. The number of hydrogen-bond acceptors (Lipinski definition) is 6. The molecule has 0 radical (unpaired) electrons. The molecule has 2 aliphatic rings. The maximum absolute atomic E-state index is 14.1. The number of nitrogens with zero attached hydrogens (tertiary/aromatic N) is 4. The minimum Gasteiger partial charge on any atom is -0.353 e. The molecular formula is C24H31ClN6O2. The molecule has 33 heavy (non-hydrogen) atoms. The molecule has 1 saturated heterocycles. The third-order valence-corrected chi connectivity index (χ3v) is 5.64. The van der Waals surface area contributed by atoms with Crippen LogP contribution in [0, 0.1) is 0 Å². The van der Waals surface area contributed by atoms with Gasteiger partial charge >= 0.3 is 0 Å². The first-order valence-electron chi connectivity index (χ1n) is 14.6. The molecule has 2 amide bonds. The molecule has 9 heteroatoms. The van der Waals surface area contributed by atoms with Gasteiger partial charge < -0.3 is 20.4 Å². The predicted octanol–water partition coefficient (Wildman–Crippen LogP) is 3.01. The van der Waals surface area contributed by atoms with Gasteiger partial charge in [-0.15, -0.1) is 0 Å². The Morgan fingerprint density at radius 3 is 2.61 bits per heavy atom. The van der Waals surface area contributed by atoms with Gasteiger partial charge in [0.15, 0.2) is 0 Å². The SMILES string of the molecule is [2H]C1([2H])N(C(=O)[C@H](CNC(C)C)c2ccc(Cl)cc2)C([2H])([2H])C([2H])([2H])N(c2ncnc3c2[C@H](C)CC(=O)N3)C1([2H])[2H]. The average molecular weight is 479 g/mol. The van der Waals surface area contributed by atoms with Crippen LogP contribution in [0.1, 0.15) is 61.1 Å². The molecule has 0 unspecified atom stereocenters. The Hall–Kier alpha value is -2.71. The van der Waals surface area contributed by atoms with Gasteiger partial charge in [-0.2, -0.15) is 0 Å². The molecule has 3 heterocycles. The third-order valence-electron chi connectivity index (χ3n) is 5.39. The Kier molecular flexibility index (Phi) is 4.64. The van der Waals surface area contributed by atoms with Gasteiger partial charge in [-0.25, -0.2) is 9.97 Å². The summed E-state index contributed by atoms with van der Waals surface area (Å²) in [5.41, 5.74) is 0.489. The zero-order valence-electron chi connectivity index (χ0n) is 26.5. The smallest absolute Gasteiger partial charge is 0.231 e. The van der Waals surface area contributed by atoms with Crippen LogP contribution in [0.4, 0.5) is 11.6 Å². The summed E-state index contributed by atoms with van der Waals surface area (Å²) < 4.78 is 70.9. The number of carbonyl (C=O) groups is 2. The molecule has 1 aromatic carbocycles. The van der Waals surface area contributed by atoms with Gasteiger partial charge in [-0.05, 0) is 23.6 Å². The number of aromatic nitrogens is 2. The Morgan fingerprint density at radius 2 is 1.94 bits per heavy atom. The number of carbonyl (C=O) groups excluding carboxylic acids is 2. The fraction of sp³-hybridized carbons (Fsp3) is 0.500. The van der Waals surface area contributed by atoms with Gasteiger partial charge in [0.2, 0.25) is 11.8 Å². The van der Waals surface area contributed by atoms with Crippen LogP contribution in [0.5, 0.6) is 0 Å². The van der Waals surface area contributed by atoms with E-state index in [1.165, 1.54) is 24.3 Å². The van der Waals surface area contributed by atoms with Gasteiger partial charge in [-0.1, -0.05) is 44.5 Å². The van der Waals surface area contributed by atoms with Crippen molar-refractivity contribution in [2.24, 2.45) is 0 Å². The molecular weight excluding hydrogens is 440 g/mol. The van der Waals surface area contributed by atoms with Gasteiger partial charge in [0, 0.05) is 55.6 Å². The molecule has 2 N–H and O–H groups in total. The van der Waals surface area contributed by atoms with Crippen molar-refractivity contribution in [3.05, 3.63) is 46.7 Å². The summed E-state index contributed by atoms with van der Waals surface area (Å²) in [6.07, 6.45) is 0.901. The highest BCUT2D eigenvalue weighted by Gasteiger charge is 2.32. The predicted molar refractivity (Wildman–Crippen MR) is 130 cm³/mol. The summed E-state index contributed by atoms with van der Waals surface area (Å²) in [5, 5.41) is 5.98. The topological polar surface area (TPSA) is 90.5 Å². The number of benzene rings is 1. The molecule has 8 nitrogen and oxygen atoms in total. The largest absolute Gasteiger partial charge is 0.353 e. The molecule has 1 fully saturated rings. The highest BCUT2D eigenvalue weighted by Crippen LogP contribution is 2.36. The van der Waals surface area contributed by atoms with E-state index in [0.29, 0.717) is 15.5 Å². The maximum atomic E-state index is 14.1. The van der Waals surface area contributed by atoms with E-state index in [1.54, 1.807) is 6.92 Å². The highest BCUT2D eigenvalue weighted by molar-refractivity contribution is 6.30. The quantitative estimate of drug-likeness (QED) is 0.663. The zero-order valence-corrected chi connectivity index (χ0v) is 19.3. The Bertz CT molecular complexity index is 1320. The van der Waals surface area contributed by atoms with Crippen LogP contribution in [-0.4, -0.2) is 65.3 Å². The van der Waals surface area contributed by atoms with E-state index in [4.69, 9.17) is 22.6 Å². The summed E-state index contributed by atoms with van der Waals surface area (Å²) in [6.45, 7) is -8.33. The second kappa shape index (κ2) is 10.1. The van der Waals surface area contributed by atoms with Crippen LogP contribution in [0.25, 0.3) is 0 Å². The number of fused-ring (bicyclic) bond motifs is 1. The zero-order chi connectivity index (χ0) is 30.7. The second-order valence-electron chi connectivity index (χ2n) is 8.24. The van der Waals surface area contributed by atoms with E-state index in [-0.39, 0.29) is 41.2 Å². The maximum Gasteiger partial charge on any atom is 0.231 e. The van der Waals surface area contributed by atoms with Crippen molar-refractivity contribution in [3.63, 3.8) is 0 Å². The molecule has 4 rings (SSSR count). The van der Waals surface area contributed by atoms with E-state index >= 15 is 0 Å². The molecule has 0 bridgehead atoms. The summed E-state index contributed by atoms with van der Waals surface area (Å²) >= 11 is 6.01. The summed E-state index contributed by atoms with van der Waals surface area (Å²) in [4.78, 5) is 34.6. The lowest BCUT2D eigenvalue weighted by Gasteiger charge is -2.38. The van der Waals surface area contributed by atoms with Gasteiger partial charge in [-0.3, -0.25) is 9.59 Å². The molecule has 0 spiro atoms. The van der Waals surface area contributed by atoms with E-state index in [2.05, 4.69) is 20.6 Å². The van der Waals surface area contributed by atoms with Crippen molar-refractivity contribution in [1.82, 2.24) is 20.2 Å². The van der Waals surface area contributed by atoms with Crippen molar-refractivity contribution < 1.29 is 20.6 Å². The van der Waals surface area contributed by atoms with E-state index in [1.807, 2.05) is 13.8 Å². The van der Waals surface area contributed by atoms with Crippen molar-refractivity contribution in [2.75, 3.05) is 42.7 Å². The van der Waals surface area contributed by atoms with Crippen LogP contribution in [-0.2, 0) is 9.59 Å². The first kappa shape index (κ1) is 15.2. The van der Waals surface area contributed by atoms with Crippen LogP contribution in [0.3, 0.4) is 0 Å². The fourth-order valence-electron chi connectivity index (χ4n) is 3.71. The number of nitrogens with one attached hydrogen (secondary N) is 2. The minimum atomic E-state index is -3.42. The average Bonchev–Trinajstić information content (AvgIpc) is 2.83. The molecule has 2 aromatic rings. The second-order valence-corrected chi connectivity index (χ2v) is 8.67. The highest BCUT2D eigenvalue weighted by atomic mass is 35.5. The minimum absolute atomic E-state index is 0.00691. The summed E-state index contributed by atoms with van der Waals surface area (Å²) in [7, 11) is 0. The third kappa shape index (κ3) is 5.28. The summed E-state index contributed by atoms with van der Waals surface area (Å²) in [5.74, 6) is -3.78. The van der Waals surface area contributed by atoms with E-state index in [9.17, 15) is 9.59 Å². The molecule has 176 valence electrons. The van der Waals surface area contributed by atoms with Gasteiger partial charge in [0.05, 0.1) is 16.9 Å². The van der Waals surface area contributed by atoms with Crippen LogP contribution >= 0.6 is 11.6 Å². The number of halogens is 1. The van der Waals surface area contributed by atoms with Crippen LogP contribution in [0.2, 0.25) is 5.02 Å². The van der Waals surface area contributed by atoms with Crippen molar-refractivity contribution >= 4 is 35.1 Å². The number of hydrogen-bond donors (Lipinski definition) is 2. The van der Waals surface area contributed by atoms with Gasteiger partial charge in [0.25, 0.3) is 0 Å². The lowest BCUT2D eigenvalue weighted by molar-refractivity contribution is -0.133. The molecule has 0 saturated carbocycles. The lowest BCUT2D eigenvalue weighted by atomic mass is 9.94. The lowest BCUT2D eigenvalue weighted by Crippen LogP contribution is -2.51. The molecule has 1 aromatic heterocycles.